The third kappa shape index (κ3) is 2.25. The van der Waals surface area contributed by atoms with E-state index in [2.05, 4.69) is 5.32 Å². The molecular formula is C8H9N2O2. The first-order valence-corrected chi connectivity index (χ1v) is 3.46. The standard InChI is InChI=1S/C8H9N2O2/c9-6-1-3-7(4-2-6)10-8(12)5-11/h1-4H,5,9H2,(H,10,12). The first kappa shape index (κ1) is 8.55. The molecule has 63 valence electrons. The third-order valence-electron chi connectivity index (χ3n) is 1.33. The van der Waals surface area contributed by atoms with E-state index in [1.54, 1.807) is 24.3 Å². The van der Waals surface area contributed by atoms with E-state index < -0.39 is 12.5 Å². The maximum absolute atomic E-state index is 10.6. The van der Waals surface area contributed by atoms with Gasteiger partial charge in [0.1, 0.15) is 0 Å². The Kier molecular flexibility index (Phi) is 2.66. The molecule has 0 unspecified atom stereocenters. The minimum Gasteiger partial charge on any atom is -0.399 e. The van der Waals surface area contributed by atoms with Gasteiger partial charge in [0, 0.05) is 11.4 Å². The molecule has 1 radical (unpaired) electrons. The SMILES string of the molecule is Nc1ccc(NC(=O)C[O])cc1. The summed E-state index contributed by atoms with van der Waals surface area (Å²) in [5, 5.41) is 12.5. The number of anilines is 2. The van der Waals surface area contributed by atoms with Crippen LogP contribution in [0.3, 0.4) is 0 Å². The molecule has 0 saturated heterocycles. The number of nitrogens with one attached hydrogen (secondary N) is 1. The summed E-state index contributed by atoms with van der Waals surface area (Å²) in [4.78, 5) is 10.6. The quantitative estimate of drug-likeness (QED) is 0.631. The fraction of sp³-hybridized carbons (Fsp3) is 0.125. The largest absolute Gasteiger partial charge is 0.399 e. The Morgan fingerprint density at radius 3 is 2.42 bits per heavy atom. The first-order chi connectivity index (χ1) is 5.72. The second-order valence-corrected chi connectivity index (χ2v) is 2.31. The Balaban J connectivity index is 2.64. The molecule has 0 aliphatic heterocycles. The summed E-state index contributed by atoms with van der Waals surface area (Å²) >= 11 is 0. The van der Waals surface area contributed by atoms with Crippen LogP contribution in [0.1, 0.15) is 0 Å². The van der Waals surface area contributed by atoms with Crippen LogP contribution >= 0.6 is 0 Å². The van der Waals surface area contributed by atoms with Crippen LogP contribution in [0.2, 0.25) is 0 Å². The van der Waals surface area contributed by atoms with Crippen molar-refractivity contribution in [2.45, 2.75) is 0 Å². The number of rotatable bonds is 2. The number of hydrogen-bond donors (Lipinski definition) is 2. The van der Waals surface area contributed by atoms with Crippen LogP contribution in [-0.4, -0.2) is 12.5 Å². The van der Waals surface area contributed by atoms with E-state index >= 15 is 0 Å². The highest BCUT2D eigenvalue weighted by Crippen LogP contribution is 2.09. The second-order valence-electron chi connectivity index (χ2n) is 2.31. The van der Waals surface area contributed by atoms with E-state index in [0.29, 0.717) is 11.4 Å². The van der Waals surface area contributed by atoms with Crippen LogP contribution in [0, 0.1) is 0 Å². The van der Waals surface area contributed by atoms with Crippen molar-refractivity contribution in [1.29, 1.82) is 0 Å². The number of nitrogens with two attached hydrogens (primary N) is 1. The predicted octanol–water partition coefficient (Wildman–Crippen LogP) is 0.638. The number of hydrogen-bond acceptors (Lipinski definition) is 2. The Hall–Kier alpha value is -1.55. The van der Waals surface area contributed by atoms with Crippen molar-refractivity contribution in [1.82, 2.24) is 0 Å². The molecule has 4 nitrogen and oxygen atoms in total. The minimum absolute atomic E-state index is 0.542. The van der Waals surface area contributed by atoms with E-state index in [-0.39, 0.29) is 0 Å². The maximum atomic E-state index is 10.6. The topological polar surface area (TPSA) is 75.0 Å². The molecule has 3 N–H and O–H groups in total. The molecule has 0 atom stereocenters. The van der Waals surface area contributed by atoms with Crippen molar-refractivity contribution in [3.63, 3.8) is 0 Å². The van der Waals surface area contributed by atoms with Gasteiger partial charge in [-0.05, 0) is 24.3 Å². The summed E-state index contributed by atoms with van der Waals surface area (Å²) in [5.74, 6) is -0.542. The zero-order valence-corrected chi connectivity index (χ0v) is 6.41. The van der Waals surface area contributed by atoms with E-state index in [1.165, 1.54) is 0 Å². The average Bonchev–Trinajstić information content (AvgIpc) is 2.09. The Morgan fingerprint density at radius 1 is 1.33 bits per heavy atom. The van der Waals surface area contributed by atoms with Crippen molar-refractivity contribution >= 4 is 17.3 Å². The minimum atomic E-state index is -0.760. The molecular weight excluding hydrogens is 156 g/mol. The van der Waals surface area contributed by atoms with Crippen LogP contribution in [-0.2, 0) is 9.90 Å². The van der Waals surface area contributed by atoms with Gasteiger partial charge in [-0.25, -0.2) is 5.11 Å². The summed E-state index contributed by atoms with van der Waals surface area (Å²) in [6.45, 7) is -0.760. The lowest BCUT2D eigenvalue weighted by Gasteiger charge is -2.01. The van der Waals surface area contributed by atoms with Crippen LogP contribution in [0.5, 0.6) is 0 Å². The maximum Gasteiger partial charge on any atom is 0.253 e. The summed E-state index contributed by atoms with van der Waals surface area (Å²) in [7, 11) is 0. The molecule has 4 heteroatoms. The lowest BCUT2D eigenvalue weighted by molar-refractivity contribution is -0.120. The normalized spacial score (nSPS) is 9.42. The highest BCUT2D eigenvalue weighted by Gasteiger charge is 1.98. The zero-order valence-electron chi connectivity index (χ0n) is 6.41. The van der Waals surface area contributed by atoms with Crippen molar-refractivity contribution in [3.05, 3.63) is 24.3 Å². The van der Waals surface area contributed by atoms with Gasteiger partial charge in [0.05, 0.1) is 0 Å². The molecule has 0 aromatic heterocycles. The molecule has 12 heavy (non-hydrogen) atoms. The van der Waals surface area contributed by atoms with Crippen molar-refractivity contribution in [3.8, 4) is 0 Å². The van der Waals surface area contributed by atoms with E-state index in [1.807, 2.05) is 0 Å². The molecule has 0 saturated carbocycles. The molecule has 0 aliphatic carbocycles. The van der Waals surface area contributed by atoms with E-state index in [0.717, 1.165) is 0 Å². The molecule has 0 fully saturated rings. The van der Waals surface area contributed by atoms with Crippen LogP contribution in [0.4, 0.5) is 11.4 Å². The fourth-order valence-corrected chi connectivity index (χ4v) is 0.764. The van der Waals surface area contributed by atoms with Gasteiger partial charge in [0.2, 0.25) is 0 Å². The first-order valence-electron chi connectivity index (χ1n) is 3.46. The van der Waals surface area contributed by atoms with Gasteiger partial charge in [-0.1, -0.05) is 0 Å². The molecule has 0 aliphatic rings. The monoisotopic (exact) mass is 165 g/mol. The molecule has 1 aromatic carbocycles. The van der Waals surface area contributed by atoms with Crippen molar-refractivity contribution in [2.75, 3.05) is 17.7 Å². The smallest absolute Gasteiger partial charge is 0.253 e. The third-order valence-corrected chi connectivity index (χ3v) is 1.33. The van der Waals surface area contributed by atoms with Gasteiger partial charge in [-0.15, -0.1) is 0 Å². The number of benzene rings is 1. The number of nitrogen functional groups attached to an aromatic ring is 1. The molecule has 1 aromatic rings. The van der Waals surface area contributed by atoms with Crippen LogP contribution in [0.25, 0.3) is 0 Å². The van der Waals surface area contributed by atoms with E-state index in [9.17, 15) is 9.90 Å². The average molecular weight is 165 g/mol. The lowest BCUT2D eigenvalue weighted by Crippen LogP contribution is -2.14. The summed E-state index contributed by atoms with van der Waals surface area (Å²) in [6.07, 6.45) is 0. The number of amides is 1. The van der Waals surface area contributed by atoms with Gasteiger partial charge in [-0.3, -0.25) is 4.79 Å². The van der Waals surface area contributed by atoms with Gasteiger partial charge in [-0.2, -0.15) is 0 Å². The number of carbonyl (C=O) groups excluding carboxylic acids is 1. The van der Waals surface area contributed by atoms with Crippen molar-refractivity contribution in [2.24, 2.45) is 0 Å². The summed E-state index contributed by atoms with van der Waals surface area (Å²) in [6, 6.07) is 6.59. The Morgan fingerprint density at radius 2 is 1.92 bits per heavy atom. The highest BCUT2D eigenvalue weighted by molar-refractivity contribution is 5.91. The fourth-order valence-electron chi connectivity index (χ4n) is 0.764. The van der Waals surface area contributed by atoms with Crippen LogP contribution < -0.4 is 11.1 Å². The highest BCUT2D eigenvalue weighted by atomic mass is 16.3. The Bertz CT molecular complexity index is 269. The van der Waals surface area contributed by atoms with Gasteiger partial charge in [0.15, 0.2) is 6.61 Å². The molecule has 0 heterocycles. The number of carbonyl (C=O) groups is 1. The lowest BCUT2D eigenvalue weighted by atomic mass is 10.3. The molecule has 0 bridgehead atoms. The zero-order chi connectivity index (χ0) is 8.97. The van der Waals surface area contributed by atoms with Crippen LogP contribution in [0.15, 0.2) is 24.3 Å². The summed E-state index contributed by atoms with van der Waals surface area (Å²) < 4.78 is 0. The summed E-state index contributed by atoms with van der Waals surface area (Å²) in [5.41, 5.74) is 6.62. The molecule has 1 amide bonds. The Labute approximate surface area is 70.0 Å². The van der Waals surface area contributed by atoms with Crippen molar-refractivity contribution < 1.29 is 9.90 Å². The van der Waals surface area contributed by atoms with E-state index in [4.69, 9.17) is 5.73 Å². The molecule has 1 rings (SSSR count). The molecule has 0 spiro atoms. The van der Waals surface area contributed by atoms with Gasteiger partial charge >= 0.3 is 0 Å². The second kappa shape index (κ2) is 3.73. The van der Waals surface area contributed by atoms with Gasteiger partial charge < -0.3 is 11.1 Å². The predicted molar refractivity (Wildman–Crippen MR) is 45.0 cm³/mol. The van der Waals surface area contributed by atoms with Gasteiger partial charge in [0.25, 0.3) is 5.91 Å².